The SMILES string of the molecule is CCC(Cc1ccccc1Br)C(=O)N1CC(OC)CC1C(=O)O. The van der Waals surface area contributed by atoms with Gasteiger partial charge in [-0.25, -0.2) is 4.79 Å². The van der Waals surface area contributed by atoms with E-state index in [1.807, 2.05) is 31.2 Å². The maximum atomic E-state index is 12.9. The molecule has 5 nitrogen and oxygen atoms in total. The van der Waals surface area contributed by atoms with Crippen molar-refractivity contribution in [1.29, 1.82) is 0 Å². The molecule has 2 rings (SSSR count). The molecule has 0 bridgehead atoms. The Balaban J connectivity index is 2.15. The lowest BCUT2D eigenvalue weighted by molar-refractivity contribution is -0.150. The average molecular weight is 384 g/mol. The van der Waals surface area contributed by atoms with Gasteiger partial charge in [0.1, 0.15) is 6.04 Å². The summed E-state index contributed by atoms with van der Waals surface area (Å²) < 4.78 is 6.23. The Kier molecular flexibility index (Phi) is 6.18. The molecule has 0 spiro atoms. The number of carbonyl (C=O) groups is 2. The minimum atomic E-state index is -0.964. The fourth-order valence-corrected chi connectivity index (χ4v) is 3.46. The molecule has 1 aromatic rings. The minimum Gasteiger partial charge on any atom is -0.480 e. The number of hydrogen-bond donors (Lipinski definition) is 1. The van der Waals surface area contributed by atoms with Gasteiger partial charge in [0.25, 0.3) is 0 Å². The van der Waals surface area contributed by atoms with Gasteiger partial charge in [-0.15, -0.1) is 0 Å². The van der Waals surface area contributed by atoms with E-state index in [0.29, 0.717) is 25.8 Å². The Morgan fingerprint density at radius 3 is 2.70 bits per heavy atom. The zero-order chi connectivity index (χ0) is 17.0. The lowest BCUT2D eigenvalue weighted by atomic mass is 9.95. The predicted molar refractivity (Wildman–Crippen MR) is 90.2 cm³/mol. The molecule has 0 aliphatic carbocycles. The van der Waals surface area contributed by atoms with Crippen LogP contribution in [0.25, 0.3) is 0 Å². The molecule has 0 aromatic heterocycles. The summed E-state index contributed by atoms with van der Waals surface area (Å²) in [5.41, 5.74) is 1.06. The molecule has 1 aliphatic heterocycles. The Morgan fingerprint density at radius 1 is 1.43 bits per heavy atom. The molecular formula is C17H22BrNO4. The average Bonchev–Trinajstić information content (AvgIpc) is 2.98. The smallest absolute Gasteiger partial charge is 0.326 e. The fourth-order valence-electron chi connectivity index (χ4n) is 3.02. The number of carbonyl (C=O) groups excluding carboxylic acids is 1. The summed E-state index contributed by atoms with van der Waals surface area (Å²) in [4.78, 5) is 25.8. The zero-order valence-electron chi connectivity index (χ0n) is 13.4. The van der Waals surface area contributed by atoms with Crippen LogP contribution in [0.3, 0.4) is 0 Å². The van der Waals surface area contributed by atoms with Crippen molar-refractivity contribution in [3.8, 4) is 0 Å². The minimum absolute atomic E-state index is 0.102. The molecule has 0 saturated carbocycles. The van der Waals surface area contributed by atoms with Gasteiger partial charge in [0.2, 0.25) is 5.91 Å². The zero-order valence-corrected chi connectivity index (χ0v) is 15.0. The van der Waals surface area contributed by atoms with Crippen molar-refractivity contribution in [2.75, 3.05) is 13.7 Å². The Bertz CT molecular complexity index is 577. The van der Waals surface area contributed by atoms with Crippen LogP contribution in [0.5, 0.6) is 0 Å². The van der Waals surface area contributed by atoms with E-state index in [2.05, 4.69) is 15.9 Å². The summed E-state index contributed by atoms with van der Waals surface area (Å²) in [6.07, 6.45) is 1.40. The van der Waals surface area contributed by atoms with Gasteiger partial charge in [0.05, 0.1) is 6.10 Å². The molecular weight excluding hydrogens is 362 g/mol. The Morgan fingerprint density at radius 2 is 2.13 bits per heavy atom. The van der Waals surface area contributed by atoms with E-state index in [1.54, 1.807) is 7.11 Å². The van der Waals surface area contributed by atoms with Crippen molar-refractivity contribution >= 4 is 27.8 Å². The van der Waals surface area contributed by atoms with E-state index in [0.717, 1.165) is 10.0 Å². The second kappa shape index (κ2) is 7.93. The maximum absolute atomic E-state index is 12.9. The molecule has 3 unspecified atom stereocenters. The highest BCUT2D eigenvalue weighted by Crippen LogP contribution is 2.27. The summed E-state index contributed by atoms with van der Waals surface area (Å²) in [6, 6.07) is 7.01. The number of carboxylic acid groups (broad SMARTS) is 1. The number of amides is 1. The first-order chi connectivity index (χ1) is 11.0. The molecule has 23 heavy (non-hydrogen) atoms. The van der Waals surface area contributed by atoms with Gasteiger partial charge in [-0.1, -0.05) is 41.1 Å². The van der Waals surface area contributed by atoms with Crippen molar-refractivity contribution < 1.29 is 19.4 Å². The van der Waals surface area contributed by atoms with Crippen LogP contribution in [0, 0.1) is 5.92 Å². The summed E-state index contributed by atoms with van der Waals surface area (Å²) in [5, 5.41) is 9.38. The molecule has 1 saturated heterocycles. The Hall–Kier alpha value is -1.40. The van der Waals surface area contributed by atoms with Crippen molar-refractivity contribution in [2.45, 2.75) is 38.3 Å². The number of benzene rings is 1. The van der Waals surface area contributed by atoms with E-state index in [1.165, 1.54) is 4.90 Å². The highest BCUT2D eigenvalue weighted by molar-refractivity contribution is 9.10. The number of likely N-dealkylation sites (tertiary alicyclic amines) is 1. The molecule has 1 aliphatic rings. The predicted octanol–water partition coefficient (Wildman–Crippen LogP) is 2.72. The molecule has 1 fully saturated rings. The highest BCUT2D eigenvalue weighted by Gasteiger charge is 2.41. The number of ether oxygens (including phenoxy) is 1. The van der Waals surface area contributed by atoms with Gasteiger partial charge in [-0.3, -0.25) is 4.79 Å². The van der Waals surface area contributed by atoms with Crippen molar-refractivity contribution in [3.63, 3.8) is 0 Å². The largest absolute Gasteiger partial charge is 0.480 e. The monoisotopic (exact) mass is 383 g/mol. The molecule has 0 radical (unpaired) electrons. The van der Waals surface area contributed by atoms with Crippen LogP contribution in [-0.4, -0.2) is 47.7 Å². The van der Waals surface area contributed by atoms with Crippen LogP contribution in [0.4, 0.5) is 0 Å². The van der Waals surface area contributed by atoms with Gasteiger partial charge >= 0.3 is 5.97 Å². The van der Waals surface area contributed by atoms with Crippen LogP contribution in [-0.2, 0) is 20.7 Å². The second-order valence-electron chi connectivity index (χ2n) is 5.84. The summed E-state index contributed by atoms with van der Waals surface area (Å²) in [6.45, 7) is 2.30. The van der Waals surface area contributed by atoms with E-state index in [9.17, 15) is 14.7 Å². The van der Waals surface area contributed by atoms with E-state index in [4.69, 9.17) is 4.74 Å². The van der Waals surface area contributed by atoms with Crippen molar-refractivity contribution in [3.05, 3.63) is 34.3 Å². The van der Waals surface area contributed by atoms with Crippen molar-refractivity contribution in [2.24, 2.45) is 5.92 Å². The number of carboxylic acids is 1. The lowest BCUT2D eigenvalue weighted by Gasteiger charge is -2.26. The van der Waals surface area contributed by atoms with Gasteiger partial charge in [0, 0.05) is 30.5 Å². The third-order valence-electron chi connectivity index (χ3n) is 4.43. The first kappa shape index (κ1) is 17.9. The van der Waals surface area contributed by atoms with Crippen LogP contribution >= 0.6 is 15.9 Å². The Labute approximate surface area is 144 Å². The van der Waals surface area contributed by atoms with Gasteiger partial charge in [-0.05, 0) is 24.5 Å². The molecule has 6 heteroatoms. The molecule has 1 heterocycles. The lowest BCUT2D eigenvalue weighted by Crippen LogP contribution is -2.44. The number of aliphatic carboxylic acids is 1. The molecule has 1 aromatic carbocycles. The van der Waals surface area contributed by atoms with Gasteiger partial charge < -0.3 is 14.7 Å². The molecule has 1 amide bonds. The molecule has 126 valence electrons. The van der Waals surface area contributed by atoms with E-state index >= 15 is 0 Å². The quantitative estimate of drug-likeness (QED) is 0.819. The van der Waals surface area contributed by atoms with E-state index in [-0.39, 0.29) is 17.9 Å². The van der Waals surface area contributed by atoms with Crippen LogP contribution in [0.2, 0.25) is 0 Å². The maximum Gasteiger partial charge on any atom is 0.326 e. The first-order valence-electron chi connectivity index (χ1n) is 7.77. The third kappa shape index (κ3) is 4.12. The highest BCUT2D eigenvalue weighted by atomic mass is 79.9. The van der Waals surface area contributed by atoms with Gasteiger partial charge in [-0.2, -0.15) is 0 Å². The first-order valence-corrected chi connectivity index (χ1v) is 8.56. The standard InChI is InChI=1S/C17H22BrNO4/c1-3-11(8-12-6-4-5-7-14(12)18)16(20)19-10-13(23-2)9-15(19)17(21)22/h4-7,11,13,15H,3,8-10H2,1-2H3,(H,21,22). The molecule has 1 N–H and O–H groups in total. The van der Waals surface area contributed by atoms with Crippen LogP contribution in [0.1, 0.15) is 25.3 Å². The number of halogens is 1. The van der Waals surface area contributed by atoms with Crippen molar-refractivity contribution in [1.82, 2.24) is 4.90 Å². The topological polar surface area (TPSA) is 66.8 Å². The number of hydrogen-bond acceptors (Lipinski definition) is 3. The third-order valence-corrected chi connectivity index (χ3v) is 5.20. The number of nitrogens with zero attached hydrogens (tertiary/aromatic N) is 1. The number of rotatable bonds is 6. The summed E-state index contributed by atoms with van der Waals surface area (Å²) in [7, 11) is 1.55. The summed E-state index contributed by atoms with van der Waals surface area (Å²) >= 11 is 3.50. The number of methoxy groups -OCH3 is 1. The second-order valence-corrected chi connectivity index (χ2v) is 6.69. The van der Waals surface area contributed by atoms with Crippen LogP contribution < -0.4 is 0 Å². The normalized spacial score (nSPS) is 22.1. The van der Waals surface area contributed by atoms with Gasteiger partial charge in [0.15, 0.2) is 0 Å². The summed E-state index contributed by atoms with van der Waals surface area (Å²) in [5.74, 6) is -1.30. The molecule has 3 atom stereocenters. The van der Waals surface area contributed by atoms with Crippen LogP contribution in [0.15, 0.2) is 28.7 Å². The fraction of sp³-hybridized carbons (Fsp3) is 0.529. The van der Waals surface area contributed by atoms with E-state index < -0.39 is 12.0 Å².